The third kappa shape index (κ3) is 8.38. The Labute approximate surface area is 288 Å². The summed E-state index contributed by atoms with van der Waals surface area (Å²) in [5.41, 5.74) is 10.6. The highest BCUT2D eigenvalue weighted by atomic mass is 19.4. The topological polar surface area (TPSA) is 230 Å². The highest BCUT2D eigenvalue weighted by Gasteiger charge is 2.44. The van der Waals surface area contributed by atoms with E-state index in [0.29, 0.717) is 35.1 Å². The quantitative estimate of drug-likeness (QED) is 0.158. The van der Waals surface area contributed by atoms with Gasteiger partial charge in [-0.15, -0.1) is 0 Å². The van der Waals surface area contributed by atoms with Crippen LogP contribution in [0.15, 0.2) is 76.6 Å². The lowest BCUT2D eigenvalue weighted by Crippen LogP contribution is -2.36. The number of nitrogens with zero attached hydrogens (tertiary/aromatic N) is 4. The number of nitrogens with two attached hydrogens (primary N) is 2. The molecule has 8 atom stereocenters. The number of nitrogen functional groups attached to an aromatic ring is 2. The summed E-state index contributed by atoms with van der Waals surface area (Å²) in [6.07, 6.45) is -11.6. The third-order valence-corrected chi connectivity index (χ3v) is 8.39. The van der Waals surface area contributed by atoms with Crippen LogP contribution in [0.1, 0.15) is 48.6 Å². The molecule has 2 aromatic carbocycles. The minimum atomic E-state index is -4.81. The van der Waals surface area contributed by atoms with E-state index in [1.54, 1.807) is 6.92 Å². The van der Waals surface area contributed by atoms with E-state index in [2.05, 4.69) is 9.97 Å². The molecule has 2 aliphatic rings. The van der Waals surface area contributed by atoms with Gasteiger partial charge in [0.1, 0.15) is 54.0 Å². The highest BCUT2D eigenvalue weighted by molar-refractivity contribution is 5.42. The zero-order chi connectivity index (χ0) is 37.2. The van der Waals surface area contributed by atoms with Crippen molar-refractivity contribution in [3.8, 4) is 5.75 Å². The zero-order valence-corrected chi connectivity index (χ0v) is 27.3. The van der Waals surface area contributed by atoms with E-state index >= 15 is 0 Å². The number of anilines is 2. The smallest absolute Gasteiger partial charge is 0.421 e. The molecular weight excluding hydrogens is 681 g/mol. The molecule has 2 aromatic heterocycles. The van der Waals surface area contributed by atoms with Crippen LogP contribution in [0.25, 0.3) is 0 Å². The van der Waals surface area contributed by atoms with E-state index in [1.165, 1.54) is 17.7 Å². The highest BCUT2D eigenvalue weighted by Crippen LogP contribution is 2.34. The summed E-state index contributed by atoms with van der Waals surface area (Å²) in [5.74, 6) is -0.134. The van der Waals surface area contributed by atoms with Gasteiger partial charge in [-0.1, -0.05) is 42.5 Å². The number of halogens is 3. The zero-order valence-electron chi connectivity index (χ0n) is 27.3. The maximum atomic E-state index is 12.7. The van der Waals surface area contributed by atoms with Crippen LogP contribution >= 0.6 is 0 Å². The van der Waals surface area contributed by atoms with E-state index in [4.69, 9.17) is 25.7 Å². The lowest BCUT2D eigenvalue weighted by molar-refractivity contribution is -0.138. The lowest BCUT2D eigenvalue weighted by Gasteiger charge is -2.19. The van der Waals surface area contributed by atoms with Crippen molar-refractivity contribution in [2.75, 3.05) is 11.5 Å². The predicted octanol–water partition coefficient (Wildman–Crippen LogP) is 1.12. The minimum absolute atomic E-state index is 0.109. The number of rotatable bonds is 7. The van der Waals surface area contributed by atoms with E-state index in [1.807, 2.05) is 54.6 Å². The Balaban J connectivity index is 0.000000218. The van der Waals surface area contributed by atoms with Gasteiger partial charge in [-0.25, -0.2) is 9.59 Å². The number of alkyl halides is 3. The van der Waals surface area contributed by atoms with Gasteiger partial charge in [0, 0.05) is 24.4 Å². The normalized spacial score (nSPS) is 26.1. The molecule has 0 aliphatic carbocycles. The molecule has 18 heteroatoms. The number of ether oxygens (including phenoxy) is 3. The maximum Gasteiger partial charge on any atom is 0.421 e. The average molecular weight is 719 g/mol. The molecule has 51 heavy (non-hydrogen) atoms. The molecule has 0 saturated carbocycles. The van der Waals surface area contributed by atoms with Gasteiger partial charge in [-0.05, 0) is 37.1 Å². The first-order valence-corrected chi connectivity index (χ1v) is 15.7. The fourth-order valence-corrected chi connectivity index (χ4v) is 5.54. The number of aliphatic hydroxyl groups excluding tert-OH is 4. The first-order chi connectivity index (χ1) is 24.0. The summed E-state index contributed by atoms with van der Waals surface area (Å²) in [4.78, 5) is 30.9. The molecule has 15 nitrogen and oxygen atoms in total. The van der Waals surface area contributed by atoms with Crippen molar-refractivity contribution < 1.29 is 47.8 Å². The van der Waals surface area contributed by atoms with Gasteiger partial charge in [-0.3, -0.25) is 9.13 Å². The van der Waals surface area contributed by atoms with Crippen molar-refractivity contribution in [2.45, 2.75) is 82.1 Å². The van der Waals surface area contributed by atoms with Crippen LogP contribution < -0.4 is 27.6 Å². The molecule has 2 fully saturated rings. The van der Waals surface area contributed by atoms with Crippen molar-refractivity contribution in [3.63, 3.8) is 0 Å². The van der Waals surface area contributed by atoms with Crippen molar-refractivity contribution in [2.24, 2.45) is 0 Å². The van der Waals surface area contributed by atoms with E-state index < -0.39 is 78.0 Å². The second kappa shape index (κ2) is 15.2. The number of benzene rings is 2. The Bertz CT molecular complexity index is 1940. The summed E-state index contributed by atoms with van der Waals surface area (Å²) in [7, 11) is 0. The van der Waals surface area contributed by atoms with Crippen molar-refractivity contribution in [3.05, 3.63) is 110 Å². The SMILES string of the molecule is C[C@H]1O[C@@H](n2cc(C(F)(F)F)c(N)nc2=O)[C@H](O)[C@@H]1O.C[C@H]1O[C@@H](n2cc(Cc3cccc(OCc4ccccc4)c3)c(N)nc2=O)[C@H](O)[C@@H]1O. The van der Waals surface area contributed by atoms with Crippen molar-refractivity contribution >= 4 is 11.6 Å². The van der Waals surface area contributed by atoms with Crippen LogP contribution in [-0.2, 0) is 28.7 Å². The Morgan fingerprint density at radius 2 is 1.29 bits per heavy atom. The lowest BCUT2D eigenvalue weighted by atomic mass is 10.1. The average Bonchev–Trinajstić information content (AvgIpc) is 3.49. The molecule has 2 aliphatic heterocycles. The molecule has 2 saturated heterocycles. The molecule has 0 bridgehead atoms. The van der Waals surface area contributed by atoms with Gasteiger partial charge in [0.2, 0.25) is 0 Å². The predicted molar refractivity (Wildman–Crippen MR) is 174 cm³/mol. The first-order valence-electron chi connectivity index (χ1n) is 15.7. The summed E-state index contributed by atoms with van der Waals surface area (Å²) in [5, 5.41) is 39.4. The van der Waals surface area contributed by atoms with Gasteiger partial charge in [0.05, 0.1) is 12.2 Å². The minimum Gasteiger partial charge on any atom is -0.489 e. The fraction of sp³-hybridized carbons (Fsp3) is 0.394. The van der Waals surface area contributed by atoms with Gasteiger partial charge in [-0.2, -0.15) is 23.1 Å². The summed E-state index contributed by atoms with van der Waals surface area (Å²) < 4.78 is 56.3. The molecule has 8 N–H and O–H groups in total. The van der Waals surface area contributed by atoms with Gasteiger partial charge in [0.25, 0.3) is 0 Å². The standard InChI is InChI=1S/C23H25N3O5.C10H12F3N3O4/c1-14-19(27)20(28)22(31-14)26-12-17(21(24)25-23(26)29)10-16-8-5-9-18(11-16)30-13-15-6-3-2-4-7-15;1-3-5(17)6(18)8(20-3)16-2-4(10(11,12)13)7(14)15-9(16)19/h2-9,11-12,14,19-20,22,27-28H,10,13H2,1H3,(H2,24,25,29);2-3,5-6,8,17-18H,1H3,(H2,14,15,19)/t14-,19-,20-,22-;3-,5-,6-,8-/m11/s1. The van der Waals surface area contributed by atoms with Gasteiger partial charge >= 0.3 is 17.6 Å². The molecule has 4 aromatic rings. The van der Waals surface area contributed by atoms with Crippen LogP contribution in [0, 0.1) is 0 Å². The third-order valence-electron chi connectivity index (χ3n) is 8.39. The molecule has 274 valence electrons. The number of aromatic nitrogens is 4. The monoisotopic (exact) mass is 718 g/mol. The van der Waals surface area contributed by atoms with Crippen LogP contribution in [-0.4, -0.2) is 76.2 Å². The van der Waals surface area contributed by atoms with Crippen LogP contribution in [0.3, 0.4) is 0 Å². The molecule has 0 radical (unpaired) electrons. The Morgan fingerprint density at radius 1 is 0.765 bits per heavy atom. The summed E-state index contributed by atoms with van der Waals surface area (Å²) in [6, 6.07) is 17.5. The van der Waals surface area contributed by atoms with Gasteiger partial charge < -0.3 is 46.1 Å². The second-order valence-corrected chi connectivity index (χ2v) is 12.1. The molecule has 0 spiro atoms. The van der Waals surface area contributed by atoms with Crippen molar-refractivity contribution in [1.82, 2.24) is 19.1 Å². The second-order valence-electron chi connectivity index (χ2n) is 12.1. The van der Waals surface area contributed by atoms with Crippen LogP contribution in [0.4, 0.5) is 24.8 Å². The number of aliphatic hydroxyl groups is 4. The van der Waals surface area contributed by atoms with E-state index in [9.17, 15) is 43.2 Å². The first kappa shape index (κ1) is 37.4. The molecule has 0 unspecified atom stereocenters. The Morgan fingerprint density at radius 3 is 1.82 bits per heavy atom. The number of hydrogen-bond acceptors (Lipinski definition) is 13. The largest absolute Gasteiger partial charge is 0.489 e. The van der Waals surface area contributed by atoms with Crippen LogP contribution in [0.5, 0.6) is 5.75 Å². The molecule has 4 heterocycles. The van der Waals surface area contributed by atoms with Crippen LogP contribution in [0.2, 0.25) is 0 Å². The molecule has 0 amide bonds. The molecule has 6 rings (SSSR count). The summed E-state index contributed by atoms with van der Waals surface area (Å²) in [6.45, 7) is 3.50. The van der Waals surface area contributed by atoms with E-state index in [-0.39, 0.29) is 5.82 Å². The van der Waals surface area contributed by atoms with Crippen molar-refractivity contribution in [1.29, 1.82) is 0 Å². The Kier molecular flexibility index (Phi) is 11.1. The maximum absolute atomic E-state index is 12.7. The number of hydrogen-bond donors (Lipinski definition) is 6. The Hall–Kier alpha value is -4.85. The van der Waals surface area contributed by atoms with Gasteiger partial charge in [0.15, 0.2) is 12.5 Å². The molecular formula is C33H37F3N6O9. The summed E-state index contributed by atoms with van der Waals surface area (Å²) >= 11 is 0. The fourth-order valence-electron chi connectivity index (χ4n) is 5.54. The van der Waals surface area contributed by atoms with E-state index in [0.717, 1.165) is 11.1 Å².